The highest BCUT2D eigenvalue weighted by Crippen LogP contribution is 2.31. The Morgan fingerprint density at radius 1 is 1.18 bits per heavy atom. The first-order valence-electron chi connectivity index (χ1n) is 10.3. The summed E-state index contributed by atoms with van der Waals surface area (Å²) in [4.78, 5) is 13.1. The van der Waals surface area contributed by atoms with Gasteiger partial charge in [-0.15, -0.1) is 5.10 Å². The first-order valence-corrected chi connectivity index (χ1v) is 10.3. The van der Waals surface area contributed by atoms with E-state index >= 15 is 0 Å². The van der Waals surface area contributed by atoms with Crippen molar-refractivity contribution in [3.05, 3.63) is 59.7 Å². The van der Waals surface area contributed by atoms with Gasteiger partial charge in [0, 0.05) is 37.0 Å². The molecule has 1 amide bonds. The first-order chi connectivity index (χ1) is 15.5. The van der Waals surface area contributed by atoms with Gasteiger partial charge in [-0.2, -0.15) is 13.2 Å². The molecule has 0 radical (unpaired) electrons. The SMILES string of the molecule is CC(=O)N1CCC(O)(CN(N)/N=C(\N)c2ccccc2Nc2ccc(C(F)(F)F)cc2)CC1. The van der Waals surface area contributed by atoms with Crippen LogP contribution in [0, 0.1) is 0 Å². The number of likely N-dealkylation sites (tertiary alicyclic amines) is 1. The molecule has 178 valence electrons. The summed E-state index contributed by atoms with van der Waals surface area (Å²) in [5.41, 5.74) is 5.76. The molecule has 1 fully saturated rings. The van der Waals surface area contributed by atoms with E-state index in [-0.39, 0.29) is 18.3 Å². The molecule has 0 aromatic heterocycles. The number of hydrazone groups is 1. The molecule has 6 N–H and O–H groups in total. The number of carbonyl (C=O) groups excluding carboxylic acids is 1. The molecule has 33 heavy (non-hydrogen) atoms. The summed E-state index contributed by atoms with van der Waals surface area (Å²) in [6.07, 6.45) is -3.69. The molecule has 0 spiro atoms. The number of amides is 1. The van der Waals surface area contributed by atoms with Gasteiger partial charge in [0.25, 0.3) is 0 Å². The molecular weight excluding hydrogens is 437 g/mol. The number of hydrogen-bond donors (Lipinski definition) is 4. The van der Waals surface area contributed by atoms with Gasteiger partial charge in [-0.1, -0.05) is 12.1 Å². The number of amidine groups is 1. The zero-order valence-electron chi connectivity index (χ0n) is 18.1. The number of benzene rings is 2. The highest BCUT2D eigenvalue weighted by Gasteiger charge is 2.34. The third kappa shape index (κ3) is 6.36. The Morgan fingerprint density at radius 2 is 1.79 bits per heavy atom. The van der Waals surface area contributed by atoms with Crippen molar-refractivity contribution in [3.8, 4) is 0 Å². The monoisotopic (exact) mass is 464 g/mol. The number of aliphatic hydroxyl groups is 1. The van der Waals surface area contributed by atoms with E-state index in [2.05, 4.69) is 10.4 Å². The van der Waals surface area contributed by atoms with Crippen molar-refractivity contribution in [1.29, 1.82) is 0 Å². The molecule has 1 aliphatic rings. The summed E-state index contributed by atoms with van der Waals surface area (Å²) in [5.74, 6) is 6.01. The maximum Gasteiger partial charge on any atom is 0.416 e. The van der Waals surface area contributed by atoms with Gasteiger partial charge in [-0.3, -0.25) is 4.79 Å². The highest BCUT2D eigenvalue weighted by atomic mass is 19.4. The van der Waals surface area contributed by atoms with Gasteiger partial charge in [0.2, 0.25) is 5.91 Å². The lowest BCUT2D eigenvalue weighted by atomic mass is 9.91. The highest BCUT2D eigenvalue weighted by molar-refractivity contribution is 6.02. The van der Waals surface area contributed by atoms with E-state index in [0.29, 0.717) is 42.9 Å². The summed E-state index contributed by atoms with van der Waals surface area (Å²) < 4.78 is 38.3. The van der Waals surface area contributed by atoms with Crippen molar-refractivity contribution in [2.24, 2.45) is 16.7 Å². The van der Waals surface area contributed by atoms with E-state index in [0.717, 1.165) is 17.3 Å². The lowest BCUT2D eigenvalue weighted by Crippen LogP contribution is -2.52. The molecular formula is C22H27F3N6O2. The van der Waals surface area contributed by atoms with Crippen LogP contribution in [0.5, 0.6) is 0 Å². The average molecular weight is 464 g/mol. The maximum absolute atomic E-state index is 12.8. The van der Waals surface area contributed by atoms with Crippen molar-refractivity contribution in [2.75, 3.05) is 25.0 Å². The van der Waals surface area contributed by atoms with Crippen LogP contribution in [-0.2, 0) is 11.0 Å². The molecule has 2 aromatic rings. The van der Waals surface area contributed by atoms with Crippen LogP contribution >= 0.6 is 0 Å². The van der Waals surface area contributed by atoms with Crippen molar-refractivity contribution in [3.63, 3.8) is 0 Å². The Labute approximate surface area is 189 Å². The minimum absolute atomic E-state index is 0.0218. The maximum atomic E-state index is 12.8. The van der Waals surface area contributed by atoms with Crippen LogP contribution < -0.4 is 16.9 Å². The van der Waals surface area contributed by atoms with E-state index < -0.39 is 17.3 Å². The fourth-order valence-electron chi connectivity index (χ4n) is 3.64. The molecule has 0 unspecified atom stereocenters. The standard InChI is InChI=1S/C22H27F3N6O2/c1-15(32)30-12-10-21(33,11-13-30)14-31(27)29-20(26)18-4-2-3-5-19(18)28-17-8-6-16(7-9-17)22(23,24)25/h2-9,28,33H,10-14,27H2,1H3,(H2,26,29). The van der Waals surface area contributed by atoms with Gasteiger partial charge in [0.15, 0.2) is 5.84 Å². The number of halogens is 3. The number of anilines is 2. The number of alkyl halides is 3. The molecule has 0 aliphatic carbocycles. The smallest absolute Gasteiger partial charge is 0.388 e. The Balaban J connectivity index is 1.70. The van der Waals surface area contributed by atoms with Crippen molar-refractivity contribution in [1.82, 2.24) is 10.0 Å². The van der Waals surface area contributed by atoms with Gasteiger partial charge in [0.1, 0.15) is 0 Å². The number of nitrogens with one attached hydrogen (secondary N) is 1. The normalized spacial score (nSPS) is 16.4. The number of nitrogens with zero attached hydrogens (tertiary/aromatic N) is 3. The molecule has 0 saturated carbocycles. The van der Waals surface area contributed by atoms with Crippen LogP contribution in [0.4, 0.5) is 24.5 Å². The second-order valence-corrected chi connectivity index (χ2v) is 8.06. The molecule has 1 aliphatic heterocycles. The number of hydrazine groups is 1. The quantitative estimate of drug-likeness (QED) is 0.226. The van der Waals surface area contributed by atoms with Crippen LogP contribution in [0.2, 0.25) is 0 Å². The summed E-state index contributed by atoms with van der Waals surface area (Å²) >= 11 is 0. The zero-order valence-corrected chi connectivity index (χ0v) is 18.1. The van der Waals surface area contributed by atoms with Gasteiger partial charge in [-0.05, 0) is 49.2 Å². The summed E-state index contributed by atoms with van der Waals surface area (Å²) in [7, 11) is 0. The van der Waals surface area contributed by atoms with Gasteiger partial charge >= 0.3 is 6.18 Å². The third-order valence-electron chi connectivity index (χ3n) is 5.53. The molecule has 3 rings (SSSR count). The van der Waals surface area contributed by atoms with Crippen LogP contribution in [0.15, 0.2) is 53.6 Å². The molecule has 8 nitrogen and oxygen atoms in total. The van der Waals surface area contributed by atoms with Crippen molar-refractivity contribution in [2.45, 2.75) is 31.5 Å². The van der Waals surface area contributed by atoms with E-state index in [9.17, 15) is 23.1 Å². The van der Waals surface area contributed by atoms with E-state index in [1.54, 1.807) is 29.2 Å². The Kier molecular flexibility index (Phi) is 7.13. The lowest BCUT2D eigenvalue weighted by molar-refractivity contribution is -0.137. The number of para-hydroxylation sites is 1. The predicted octanol–water partition coefficient (Wildman–Crippen LogP) is 2.62. The summed E-state index contributed by atoms with van der Waals surface area (Å²) in [6.45, 7) is 2.37. The minimum atomic E-state index is -4.41. The first kappa shape index (κ1) is 24.3. The number of piperidine rings is 1. The van der Waals surface area contributed by atoms with Crippen LogP contribution in [0.3, 0.4) is 0 Å². The largest absolute Gasteiger partial charge is 0.416 e. The molecule has 1 saturated heterocycles. The Bertz CT molecular complexity index is 1000. The Morgan fingerprint density at radius 3 is 2.36 bits per heavy atom. The number of nitrogens with two attached hydrogens (primary N) is 2. The zero-order chi connectivity index (χ0) is 24.2. The van der Waals surface area contributed by atoms with E-state index in [1.807, 2.05) is 0 Å². The summed E-state index contributed by atoms with van der Waals surface area (Å²) in [5, 5.41) is 19.1. The van der Waals surface area contributed by atoms with Crippen molar-refractivity contribution < 1.29 is 23.1 Å². The summed E-state index contributed by atoms with van der Waals surface area (Å²) in [6, 6.07) is 11.5. The van der Waals surface area contributed by atoms with E-state index in [1.165, 1.54) is 19.1 Å². The molecule has 2 aromatic carbocycles. The topological polar surface area (TPSA) is 120 Å². The molecule has 0 bridgehead atoms. The van der Waals surface area contributed by atoms with Gasteiger partial charge < -0.3 is 21.1 Å². The molecule has 1 heterocycles. The molecule has 11 heteroatoms. The predicted molar refractivity (Wildman–Crippen MR) is 119 cm³/mol. The fourth-order valence-corrected chi connectivity index (χ4v) is 3.64. The van der Waals surface area contributed by atoms with Crippen LogP contribution in [0.1, 0.15) is 30.9 Å². The second kappa shape index (κ2) is 9.67. The van der Waals surface area contributed by atoms with E-state index in [4.69, 9.17) is 11.6 Å². The number of rotatable bonds is 6. The van der Waals surface area contributed by atoms with Crippen LogP contribution in [0.25, 0.3) is 0 Å². The van der Waals surface area contributed by atoms with Crippen molar-refractivity contribution >= 4 is 23.1 Å². The number of carbonyl (C=O) groups is 1. The third-order valence-corrected chi connectivity index (χ3v) is 5.53. The number of hydrogen-bond acceptors (Lipinski definition) is 6. The Hall–Kier alpha value is -3.31. The van der Waals surface area contributed by atoms with Crippen LogP contribution in [-0.4, -0.2) is 52.1 Å². The molecule has 0 atom stereocenters. The second-order valence-electron chi connectivity index (χ2n) is 8.06. The lowest BCUT2D eigenvalue weighted by Gasteiger charge is -2.39. The average Bonchev–Trinajstić information content (AvgIpc) is 2.73. The van der Waals surface area contributed by atoms with Gasteiger partial charge in [0.05, 0.1) is 17.7 Å². The van der Waals surface area contributed by atoms with Gasteiger partial charge in [-0.25, -0.2) is 11.0 Å². The minimum Gasteiger partial charge on any atom is -0.388 e. The fraction of sp³-hybridized carbons (Fsp3) is 0.364.